The van der Waals surface area contributed by atoms with Gasteiger partial charge in [0.15, 0.2) is 0 Å². The smallest absolute Gasteiger partial charge is 0.211 e. The normalized spacial score (nSPS) is 13.4. The molecule has 0 unspecified atom stereocenters. The summed E-state index contributed by atoms with van der Waals surface area (Å²) in [5, 5.41) is 0. The molecule has 0 aromatic rings. The van der Waals surface area contributed by atoms with Crippen LogP contribution in [0.25, 0.3) is 0 Å². The summed E-state index contributed by atoms with van der Waals surface area (Å²) in [6.45, 7) is 0. The molecule has 0 amide bonds. The molecule has 6 nitrogen and oxygen atoms in total. The molecular weight excluding hydrogens is 180 g/mol. The molecule has 0 fully saturated rings. The highest BCUT2D eigenvalue weighted by Crippen LogP contribution is 1.72. The summed E-state index contributed by atoms with van der Waals surface area (Å²) in [6.07, 6.45) is 1.68. The molecule has 10 heavy (non-hydrogen) atoms. The zero-order chi connectivity index (χ0) is 8.41. The molecule has 0 saturated heterocycles. The van der Waals surface area contributed by atoms with Crippen LogP contribution in [0.4, 0.5) is 0 Å². The van der Waals surface area contributed by atoms with Gasteiger partial charge in [-0.3, -0.25) is 0 Å². The maximum absolute atomic E-state index is 10.2. The minimum absolute atomic E-state index is 0.838. The molecule has 0 aliphatic carbocycles. The van der Waals surface area contributed by atoms with Crippen molar-refractivity contribution in [3.63, 3.8) is 0 Å². The molecule has 0 heterocycles. The highest BCUT2D eigenvalue weighted by Gasteiger charge is 2.04. The van der Waals surface area contributed by atoms with Crippen LogP contribution in [-0.2, 0) is 20.0 Å². The standard InChI is InChI=1S/C2H8N2O4S2/c1-9(5,6)3-4-10(2,7)8/h3-4H,1-2H3. The van der Waals surface area contributed by atoms with E-state index >= 15 is 0 Å². The highest BCUT2D eigenvalue weighted by molar-refractivity contribution is 7.91. The van der Waals surface area contributed by atoms with Crippen LogP contribution in [-0.4, -0.2) is 29.3 Å². The van der Waals surface area contributed by atoms with Crippen LogP contribution >= 0.6 is 0 Å². The molecule has 0 rings (SSSR count). The second-order valence-electron chi connectivity index (χ2n) is 1.75. The molecule has 0 bridgehead atoms. The van der Waals surface area contributed by atoms with Gasteiger partial charge >= 0.3 is 0 Å². The van der Waals surface area contributed by atoms with Crippen LogP contribution in [0.2, 0.25) is 0 Å². The molecule has 8 heteroatoms. The van der Waals surface area contributed by atoms with Crippen molar-refractivity contribution in [2.75, 3.05) is 12.5 Å². The second kappa shape index (κ2) is 2.82. The second-order valence-corrected chi connectivity index (χ2v) is 5.25. The molecule has 2 N–H and O–H groups in total. The van der Waals surface area contributed by atoms with Crippen molar-refractivity contribution in [1.82, 2.24) is 9.66 Å². The Hall–Kier alpha value is -0.180. The van der Waals surface area contributed by atoms with Gasteiger partial charge < -0.3 is 0 Å². The summed E-state index contributed by atoms with van der Waals surface area (Å²) in [7, 11) is -7.00. The maximum atomic E-state index is 10.2. The number of hydrogen-bond donors (Lipinski definition) is 2. The predicted octanol–water partition coefficient (Wildman–Crippen LogP) is -2.00. The number of nitrogens with one attached hydrogen (secondary N) is 2. The van der Waals surface area contributed by atoms with Crippen molar-refractivity contribution >= 4 is 20.0 Å². The Labute approximate surface area is 59.7 Å². The molecule has 0 aliphatic rings. The van der Waals surface area contributed by atoms with Crippen LogP contribution in [0.1, 0.15) is 0 Å². The molecule has 0 aliphatic heterocycles. The van der Waals surface area contributed by atoms with Crippen LogP contribution < -0.4 is 9.66 Å². The molecule has 0 aromatic carbocycles. The summed E-state index contributed by atoms with van der Waals surface area (Å²) in [6, 6.07) is 0. The van der Waals surface area contributed by atoms with E-state index in [1.165, 1.54) is 0 Å². The topological polar surface area (TPSA) is 92.3 Å². The summed E-state index contributed by atoms with van der Waals surface area (Å²) in [5.41, 5.74) is 0. The van der Waals surface area contributed by atoms with Crippen molar-refractivity contribution in [1.29, 1.82) is 0 Å². The quantitative estimate of drug-likeness (QED) is 0.501. The molecule has 0 aromatic heterocycles. The Morgan fingerprint density at radius 2 is 1.00 bits per heavy atom. The lowest BCUT2D eigenvalue weighted by molar-refractivity contribution is 0.564. The van der Waals surface area contributed by atoms with E-state index in [2.05, 4.69) is 0 Å². The van der Waals surface area contributed by atoms with Crippen molar-refractivity contribution in [2.45, 2.75) is 0 Å². The largest absolute Gasteiger partial charge is 0.222 e. The summed E-state index contributed by atoms with van der Waals surface area (Å²) in [4.78, 5) is 3.19. The first-order valence-corrected chi connectivity index (χ1v) is 5.92. The van der Waals surface area contributed by atoms with E-state index in [9.17, 15) is 16.8 Å². The fourth-order valence-electron chi connectivity index (χ4n) is 0.151. The Morgan fingerprint density at radius 1 is 0.800 bits per heavy atom. The van der Waals surface area contributed by atoms with Crippen LogP contribution in [0.15, 0.2) is 0 Å². The third-order valence-corrected chi connectivity index (χ3v) is 1.49. The fraction of sp³-hybridized carbons (Fsp3) is 1.00. The number of hydrogen-bond acceptors (Lipinski definition) is 4. The van der Waals surface area contributed by atoms with Gasteiger partial charge in [-0.2, -0.15) is 0 Å². The van der Waals surface area contributed by atoms with Gasteiger partial charge in [-0.1, -0.05) is 0 Å². The molecule has 0 spiro atoms. The van der Waals surface area contributed by atoms with Gasteiger partial charge in [-0.15, -0.1) is 9.66 Å². The Kier molecular flexibility index (Phi) is 2.77. The highest BCUT2D eigenvalue weighted by atomic mass is 32.2. The molecular formula is C2H8N2O4S2. The van der Waals surface area contributed by atoms with E-state index in [0.29, 0.717) is 0 Å². The van der Waals surface area contributed by atoms with E-state index < -0.39 is 20.0 Å². The van der Waals surface area contributed by atoms with Crippen molar-refractivity contribution in [3.05, 3.63) is 0 Å². The van der Waals surface area contributed by atoms with E-state index in [1.807, 2.05) is 0 Å². The van der Waals surface area contributed by atoms with E-state index in [-0.39, 0.29) is 0 Å². The minimum Gasteiger partial charge on any atom is -0.211 e. The first kappa shape index (κ1) is 9.82. The number of sulfonamides is 2. The van der Waals surface area contributed by atoms with Crippen molar-refractivity contribution in [2.24, 2.45) is 0 Å². The first-order valence-electron chi connectivity index (χ1n) is 2.14. The van der Waals surface area contributed by atoms with Gasteiger partial charge in [0.2, 0.25) is 20.0 Å². The third kappa shape index (κ3) is 7.82. The average Bonchev–Trinajstić information content (AvgIpc) is 1.57. The summed E-state index contributed by atoms with van der Waals surface area (Å²) in [5.74, 6) is 0. The van der Waals surface area contributed by atoms with Gasteiger partial charge in [0, 0.05) is 0 Å². The monoisotopic (exact) mass is 188 g/mol. The minimum atomic E-state index is -3.50. The molecule has 0 saturated carbocycles. The number of rotatable bonds is 3. The Balaban J connectivity index is 4.05. The van der Waals surface area contributed by atoms with Gasteiger partial charge in [0.05, 0.1) is 12.5 Å². The Morgan fingerprint density at radius 3 is 1.10 bits per heavy atom. The molecule has 62 valence electrons. The number of hydrazine groups is 1. The lowest BCUT2D eigenvalue weighted by atomic mass is 12.0. The lowest BCUT2D eigenvalue weighted by Gasteiger charge is -1.99. The lowest BCUT2D eigenvalue weighted by Crippen LogP contribution is -2.40. The zero-order valence-corrected chi connectivity index (χ0v) is 7.08. The van der Waals surface area contributed by atoms with E-state index in [1.54, 1.807) is 9.66 Å². The van der Waals surface area contributed by atoms with Crippen molar-refractivity contribution < 1.29 is 16.8 Å². The van der Waals surface area contributed by atoms with Gasteiger partial charge in [-0.05, 0) is 0 Å². The Bertz CT molecular complexity index is 255. The zero-order valence-electron chi connectivity index (χ0n) is 5.45. The first-order chi connectivity index (χ1) is 4.21. The van der Waals surface area contributed by atoms with Gasteiger partial charge in [0.25, 0.3) is 0 Å². The average molecular weight is 188 g/mol. The van der Waals surface area contributed by atoms with Gasteiger partial charge in [-0.25, -0.2) is 16.8 Å². The summed E-state index contributed by atoms with van der Waals surface area (Å²) < 4.78 is 41.0. The molecule has 0 atom stereocenters. The predicted molar refractivity (Wildman–Crippen MR) is 36.0 cm³/mol. The van der Waals surface area contributed by atoms with Gasteiger partial charge in [0.1, 0.15) is 0 Å². The van der Waals surface area contributed by atoms with Crippen molar-refractivity contribution in [3.8, 4) is 0 Å². The van der Waals surface area contributed by atoms with Crippen LogP contribution in [0, 0.1) is 0 Å². The summed E-state index contributed by atoms with van der Waals surface area (Å²) >= 11 is 0. The van der Waals surface area contributed by atoms with Crippen LogP contribution in [0.5, 0.6) is 0 Å². The third-order valence-electron chi connectivity index (χ3n) is 0.412. The van der Waals surface area contributed by atoms with Crippen LogP contribution in [0.3, 0.4) is 0 Å². The fourth-order valence-corrected chi connectivity index (χ4v) is 1.36. The SMILES string of the molecule is CS(=O)(=O)NNS(C)(=O)=O. The maximum Gasteiger partial charge on any atom is 0.222 e. The molecule has 0 radical (unpaired) electrons. The van der Waals surface area contributed by atoms with E-state index in [4.69, 9.17) is 0 Å². The van der Waals surface area contributed by atoms with E-state index in [0.717, 1.165) is 12.5 Å².